The van der Waals surface area contributed by atoms with Gasteiger partial charge in [0.05, 0.1) is 0 Å². The Hall–Kier alpha value is -1.63. The molecule has 27 heavy (non-hydrogen) atoms. The number of amides is 2. The Morgan fingerprint density at radius 1 is 1.15 bits per heavy atom. The number of carbonyl (C=O) groups is 2. The molecular weight excluding hydrogens is 366 g/mol. The van der Waals surface area contributed by atoms with Crippen LogP contribution in [-0.4, -0.2) is 61.6 Å². The van der Waals surface area contributed by atoms with E-state index in [0.717, 1.165) is 37.1 Å². The van der Waals surface area contributed by atoms with Crippen LogP contribution in [0.3, 0.4) is 0 Å². The molecular formula is C20H30ClN3O3. The normalized spacial score (nSPS) is 19.9. The maximum absolute atomic E-state index is 12.7. The van der Waals surface area contributed by atoms with Gasteiger partial charge in [0.2, 0.25) is 0 Å². The van der Waals surface area contributed by atoms with E-state index in [1.54, 1.807) is 7.11 Å². The first-order chi connectivity index (χ1) is 12.5. The smallest absolute Gasteiger partial charge is 0.253 e. The van der Waals surface area contributed by atoms with Crippen molar-refractivity contribution in [2.75, 3.05) is 33.3 Å². The molecule has 3 rings (SSSR count). The lowest BCUT2D eigenvalue weighted by Gasteiger charge is -2.38. The highest BCUT2D eigenvalue weighted by molar-refractivity contribution is 5.94. The number of methoxy groups -OCH3 is 1. The number of hydrogen-bond acceptors (Lipinski definition) is 4. The van der Waals surface area contributed by atoms with Crippen molar-refractivity contribution < 1.29 is 14.3 Å². The molecule has 2 aliphatic heterocycles. The zero-order valence-corrected chi connectivity index (χ0v) is 16.9. The number of halogens is 1. The highest BCUT2D eigenvalue weighted by Gasteiger charge is 2.40. The van der Waals surface area contributed by atoms with E-state index in [1.165, 1.54) is 0 Å². The number of piperidine rings is 2. The van der Waals surface area contributed by atoms with E-state index in [2.05, 4.69) is 10.6 Å². The van der Waals surface area contributed by atoms with E-state index in [1.807, 2.05) is 36.1 Å². The molecule has 0 spiro atoms. The molecule has 7 heteroatoms. The topological polar surface area (TPSA) is 70.7 Å². The van der Waals surface area contributed by atoms with Crippen molar-refractivity contribution in [1.29, 1.82) is 0 Å². The van der Waals surface area contributed by atoms with E-state index >= 15 is 0 Å². The Labute approximate surface area is 167 Å². The van der Waals surface area contributed by atoms with Crippen LogP contribution in [0.2, 0.25) is 0 Å². The van der Waals surface area contributed by atoms with Crippen LogP contribution in [0.25, 0.3) is 0 Å². The van der Waals surface area contributed by atoms with Gasteiger partial charge in [-0.15, -0.1) is 12.4 Å². The molecule has 1 aromatic rings. The van der Waals surface area contributed by atoms with Gasteiger partial charge in [-0.2, -0.15) is 0 Å². The number of nitrogens with one attached hydrogen (secondary N) is 2. The predicted octanol–water partition coefficient (Wildman–Crippen LogP) is 1.91. The minimum atomic E-state index is -0.708. The quantitative estimate of drug-likeness (QED) is 0.817. The van der Waals surface area contributed by atoms with E-state index < -0.39 is 5.60 Å². The summed E-state index contributed by atoms with van der Waals surface area (Å²) in [7, 11) is 1.62. The Kier molecular flexibility index (Phi) is 7.65. The molecule has 0 bridgehead atoms. The Bertz CT molecular complexity index is 636. The zero-order chi connectivity index (χ0) is 18.6. The first-order valence-corrected chi connectivity index (χ1v) is 9.47. The maximum atomic E-state index is 12.7. The van der Waals surface area contributed by atoms with Crippen molar-refractivity contribution in [2.24, 2.45) is 0 Å². The highest BCUT2D eigenvalue weighted by atomic mass is 35.5. The molecule has 2 saturated heterocycles. The zero-order valence-electron chi connectivity index (χ0n) is 16.1. The van der Waals surface area contributed by atoms with Crippen molar-refractivity contribution in [3.05, 3.63) is 35.4 Å². The number of ether oxygens (including phenoxy) is 1. The van der Waals surface area contributed by atoms with Crippen LogP contribution in [0.15, 0.2) is 24.3 Å². The molecule has 0 aliphatic carbocycles. The third-order valence-corrected chi connectivity index (χ3v) is 5.63. The molecule has 150 valence electrons. The summed E-state index contributed by atoms with van der Waals surface area (Å²) in [5, 5.41) is 6.42. The highest BCUT2D eigenvalue weighted by Crippen LogP contribution is 2.24. The fourth-order valence-electron chi connectivity index (χ4n) is 3.78. The summed E-state index contributed by atoms with van der Waals surface area (Å²) in [5.74, 6) is 0.0614. The van der Waals surface area contributed by atoms with Gasteiger partial charge in [0.1, 0.15) is 5.60 Å². The summed E-state index contributed by atoms with van der Waals surface area (Å²) in [4.78, 5) is 27.2. The second-order valence-corrected chi connectivity index (χ2v) is 7.35. The van der Waals surface area contributed by atoms with Gasteiger partial charge in [-0.25, -0.2) is 0 Å². The average molecular weight is 396 g/mol. The summed E-state index contributed by atoms with van der Waals surface area (Å²) in [5.41, 5.74) is 1.17. The molecule has 0 atom stereocenters. The van der Waals surface area contributed by atoms with Crippen molar-refractivity contribution in [1.82, 2.24) is 15.5 Å². The first kappa shape index (κ1) is 21.7. The fraction of sp³-hybridized carbons (Fsp3) is 0.600. The largest absolute Gasteiger partial charge is 0.368 e. The Balaban J connectivity index is 0.00000261. The third kappa shape index (κ3) is 5.00. The number of benzene rings is 1. The van der Waals surface area contributed by atoms with Gasteiger partial charge < -0.3 is 20.3 Å². The fourth-order valence-corrected chi connectivity index (χ4v) is 3.78. The molecule has 2 N–H and O–H groups in total. The molecule has 1 aromatic carbocycles. The van der Waals surface area contributed by atoms with E-state index in [9.17, 15) is 9.59 Å². The van der Waals surface area contributed by atoms with Gasteiger partial charge in [-0.05, 0) is 57.8 Å². The molecule has 2 amide bonds. The van der Waals surface area contributed by atoms with Gasteiger partial charge in [0, 0.05) is 31.8 Å². The van der Waals surface area contributed by atoms with Crippen molar-refractivity contribution in [3.8, 4) is 0 Å². The summed E-state index contributed by atoms with van der Waals surface area (Å²) in [6.07, 6.45) is 2.95. The lowest BCUT2D eigenvalue weighted by molar-refractivity contribution is -0.147. The van der Waals surface area contributed by atoms with E-state index in [0.29, 0.717) is 25.9 Å². The number of aryl methyl sites for hydroxylation is 1. The molecule has 2 aliphatic rings. The average Bonchev–Trinajstić information content (AvgIpc) is 2.69. The number of rotatable bonds is 4. The van der Waals surface area contributed by atoms with Crippen LogP contribution >= 0.6 is 12.4 Å². The molecule has 0 radical (unpaired) electrons. The van der Waals surface area contributed by atoms with Gasteiger partial charge in [-0.1, -0.05) is 17.7 Å². The van der Waals surface area contributed by atoms with Gasteiger partial charge >= 0.3 is 0 Å². The maximum Gasteiger partial charge on any atom is 0.253 e. The minimum absolute atomic E-state index is 0. The van der Waals surface area contributed by atoms with Gasteiger partial charge in [0.25, 0.3) is 11.8 Å². The SMILES string of the molecule is COC1(C(=O)NC2CCN(C(=O)c3ccc(C)cc3)CC2)CCNCC1.Cl. The van der Waals surface area contributed by atoms with Crippen LogP contribution in [0.4, 0.5) is 0 Å². The summed E-state index contributed by atoms with van der Waals surface area (Å²) >= 11 is 0. The monoisotopic (exact) mass is 395 g/mol. The molecule has 0 unspecified atom stereocenters. The van der Waals surface area contributed by atoms with Crippen LogP contribution in [0.5, 0.6) is 0 Å². The first-order valence-electron chi connectivity index (χ1n) is 9.47. The summed E-state index contributed by atoms with van der Waals surface area (Å²) in [6, 6.07) is 7.79. The predicted molar refractivity (Wildman–Crippen MR) is 107 cm³/mol. The third-order valence-electron chi connectivity index (χ3n) is 5.63. The lowest BCUT2D eigenvalue weighted by Crippen LogP contribution is -2.57. The number of likely N-dealkylation sites (tertiary alicyclic amines) is 1. The lowest BCUT2D eigenvalue weighted by atomic mass is 9.90. The van der Waals surface area contributed by atoms with Gasteiger partial charge in [0.15, 0.2) is 0 Å². The van der Waals surface area contributed by atoms with Crippen molar-refractivity contribution in [3.63, 3.8) is 0 Å². The number of hydrogen-bond donors (Lipinski definition) is 2. The second-order valence-electron chi connectivity index (χ2n) is 7.35. The van der Waals surface area contributed by atoms with Crippen LogP contribution < -0.4 is 10.6 Å². The van der Waals surface area contributed by atoms with Crippen molar-refractivity contribution in [2.45, 2.75) is 44.2 Å². The summed E-state index contributed by atoms with van der Waals surface area (Å²) < 4.78 is 5.59. The Morgan fingerprint density at radius 2 is 1.74 bits per heavy atom. The van der Waals surface area contributed by atoms with Crippen LogP contribution in [0, 0.1) is 6.92 Å². The van der Waals surface area contributed by atoms with Crippen LogP contribution in [0.1, 0.15) is 41.6 Å². The summed E-state index contributed by atoms with van der Waals surface area (Å²) in [6.45, 7) is 4.94. The number of carbonyl (C=O) groups excluding carboxylic acids is 2. The Morgan fingerprint density at radius 3 is 2.30 bits per heavy atom. The number of nitrogens with zero attached hydrogens (tertiary/aromatic N) is 1. The molecule has 0 saturated carbocycles. The molecule has 0 aromatic heterocycles. The minimum Gasteiger partial charge on any atom is -0.368 e. The molecule has 2 fully saturated rings. The van der Waals surface area contributed by atoms with Crippen molar-refractivity contribution >= 4 is 24.2 Å². The van der Waals surface area contributed by atoms with Gasteiger partial charge in [-0.3, -0.25) is 9.59 Å². The standard InChI is InChI=1S/C20H29N3O3.ClH/c1-15-3-5-16(6-4-15)18(24)23-13-7-17(8-14-23)22-19(25)20(26-2)9-11-21-12-10-20;/h3-6,17,21H,7-14H2,1-2H3,(H,22,25);1H. The van der Waals surface area contributed by atoms with Crippen LogP contribution in [-0.2, 0) is 9.53 Å². The second kappa shape index (κ2) is 9.53. The van der Waals surface area contributed by atoms with E-state index in [4.69, 9.17) is 4.74 Å². The molecule has 6 nitrogen and oxygen atoms in total. The molecule has 2 heterocycles. The van der Waals surface area contributed by atoms with E-state index in [-0.39, 0.29) is 30.3 Å².